The number of nitrogens with one attached hydrogen (secondary N) is 4. The van der Waals surface area contributed by atoms with Crippen molar-refractivity contribution in [2.75, 3.05) is 43.5 Å². The van der Waals surface area contributed by atoms with E-state index in [0.717, 1.165) is 17.6 Å². The number of hydrogen-bond acceptors (Lipinski definition) is 11. The summed E-state index contributed by atoms with van der Waals surface area (Å²) in [6.45, 7) is -0.407. The van der Waals surface area contributed by atoms with Crippen LogP contribution in [-0.2, 0) is 33.8 Å². The number of carbonyl (C=O) groups excluding carboxylic acids is 4. The number of aromatic nitrogens is 1. The van der Waals surface area contributed by atoms with Crippen LogP contribution in [0.1, 0.15) is 5.69 Å². The van der Waals surface area contributed by atoms with E-state index in [1.807, 2.05) is 0 Å². The molecule has 0 saturated carbocycles. The summed E-state index contributed by atoms with van der Waals surface area (Å²) in [5.41, 5.74) is -0.153. The number of sulfone groups is 1. The van der Waals surface area contributed by atoms with Gasteiger partial charge in [0.25, 0.3) is 5.91 Å². The molecule has 1 aromatic heterocycles. The SMILES string of the molecule is CO/N=C(\C(=O)N[C@H]1C(=O)N[C@H]1CNC(=O)OCCS(C)(=O)=O)c1csc(NC(=O)CCl)n1. The molecule has 1 aliphatic rings. The topological polar surface area (TPSA) is 194 Å². The first-order chi connectivity index (χ1) is 15.5. The van der Waals surface area contributed by atoms with Crippen LogP contribution in [-0.4, -0.2) is 93.2 Å². The van der Waals surface area contributed by atoms with Gasteiger partial charge in [-0.25, -0.2) is 18.2 Å². The van der Waals surface area contributed by atoms with Crippen LogP contribution < -0.4 is 21.3 Å². The molecule has 1 fully saturated rings. The normalized spacial score (nSPS) is 17.9. The third kappa shape index (κ3) is 8.14. The van der Waals surface area contributed by atoms with Crippen LogP contribution in [0, 0.1) is 0 Å². The van der Waals surface area contributed by atoms with Gasteiger partial charge in [0.1, 0.15) is 31.3 Å². The molecular weight excluding hydrogens is 504 g/mol. The molecule has 0 unspecified atom stereocenters. The lowest BCUT2D eigenvalue weighted by molar-refractivity contribution is -0.134. The number of carbonyl (C=O) groups is 4. The van der Waals surface area contributed by atoms with Gasteiger partial charge in [0.2, 0.25) is 11.8 Å². The van der Waals surface area contributed by atoms with E-state index < -0.39 is 45.7 Å². The maximum atomic E-state index is 12.7. The van der Waals surface area contributed by atoms with Gasteiger partial charge in [0, 0.05) is 18.2 Å². The average molecular weight is 525 g/mol. The van der Waals surface area contributed by atoms with Crippen LogP contribution in [0.5, 0.6) is 0 Å². The van der Waals surface area contributed by atoms with E-state index in [1.54, 1.807) is 0 Å². The summed E-state index contributed by atoms with van der Waals surface area (Å²) in [6, 6.07) is -1.65. The molecule has 17 heteroatoms. The lowest BCUT2D eigenvalue weighted by Crippen LogP contribution is -2.72. The molecular formula is C16H21ClN6O8S2. The smallest absolute Gasteiger partial charge is 0.407 e. The number of amides is 4. The van der Waals surface area contributed by atoms with E-state index in [9.17, 15) is 27.6 Å². The van der Waals surface area contributed by atoms with Gasteiger partial charge in [-0.2, -0.15) is 0 Å². The fourth-order valence-corrected chi connectivity index (χ4v) is 3.57. The molecule has 182 valence electrons. The van der Waals surface area contributed by atoms with Gasteiger partial charge in [-0.15, -0.1) is 22.9 Å². The Balaban J connectivity index is 1.93. The van der Waals surface area contributed by atoms with E-state index >= 15 is 0 Å². The molecule has 0 aromatic carbocycles. The Labute approximate surface area is 197 Å². The van der Waals surface area contributed by atoms with E-state index in [0.29, 0.717) is 0 Å². The molecule has 4 N–H and O–H groups in total. The van der Waals surface area contributed by atoms with Gasteiger partial charge in [0.05, 0.1) is 11.8 Å². The van der Waals surface area contributed by atoms with Crippen LogP contribution in [0.4, 0.5) is 9.93 Å². The van der Waals surface area contributed by atoms with Gasteiger partial charge in [-0.05, 0) is 0 Å². The van der Waals surface area contributed by atoms with Crippen LogP contribution >= 0.6 is 22.9 Å². The zero-order chi connectivity index (χ0) is 24.6. The van der Waals surface area contributed by atoms with Crippen molar-refractivity contribution >= 4 is 67.4 Å². The third-order valence-corrected chi connectivity index (χ3v) is 5.87. The van der Waals surface area contributed by atoms with E-state index in [1.165, 1.54) is 12.5 Å². The van der Waals surface area contributed by atoms with Crippen molar-refractivity contribution in [3.05, 3.63) is 11.1 Å². The van der Waals surface area contributed by atoms with Gasteiger partial charge in [-0.1, -0.05) is 5.16 Å². The molecule has 1 saturated heterocycles. The molecule has 1 aromatic rings. The summed E-state index contributed by atoms with van der Waals surface area (Å²) >= 11 is 6.45. The summed E-state index contributed by atoms with van der Waals surface area (Å²) in [5, 5.41) is 15.1. The number of ether oxygens (including phenoxy) is 1. The van der Waals surface area contributed by atoms with Gasteiger partial charge in [0.15, 0.2) is 20.7 Å². The second-order valence-electron chi connectivity index (χ2n) is 6.56. The first kappa shape index (κ1) is 26.3. The molecule has 0 aliphatic carbocycles. The highest BCUT2D eigenvalue weighted by Crippen LogP contribution is 2.17. The van der Waals surface area contributed by atoms with Crippen LogP contribution in [0.15, 0.2) is 10.5 Å². The minimum atomic E-state index is -3.28. The lowest BCUT2D eigenvalue weighted by atomic mass is 9.98. The quantitative estimate of drug-likeness (QED) is 0.114. The highest BCUT2D eigenvalue weighted by atomic mass is 35.5. The van der Waals surface area contributed by atoms with Crippen molar-refractivity contribution in [3.63, 3.8) is 0 Å². The summed E-state index contributed by atoms with van der Waals surface area (Å²) in [7, 11) is -2.06. The molecule has 1 aliphatic heterocycles. The van der Waals surface area contributed by atoms with Crippen LogP contribution in [0.2, 0.25) is 0 Å². The zero-order valence-corrected chi connectivity index (χ0v) is 19.8. The fourth-order valence-electron chi connectivity index (χ4n) is 2.41. The average Bonchev–Trinajstić information content (AvgIpc) is 3.19. The molecule has 2 atom stereocenters. The number of oxime groups is 1. The van der Waals surface area contributed by atoms with Crippen molar-refractivity contribution in [3.8, 4) is 0 Å². The summed E-state index contributed by atoms with van der Waals surface area (Å²) in [4.78, 5) is 56.4. The van der Waals surface area contributed by atoms with Gasteiger partial charge < -0.3 is 30.8 Å². The van der Waals surface area contributed by atoms with E-state index in [2.05, 4.69) is 36.2 Å². The zero-order valence-electron chi connectivity index (χ0n) is 17.4. The first-order valence-corrected chi connectivity index (χ1v) is 12.6. The van der Waals surface area contributed by atoms with Crippen LogP contribution in [0.3, 0.4) is 0 Å². The van der Waals surface area contributed by atoms with Crippen molar-refractivity contribution in [2.24, 2.45) is 5.16 Å². The maximum absolute atomic E-state index is 12.7. The Kier molecular flexibility index (Phi) is 9.36. The number of β-lactam (4-membered cyclic amide) rings is 1. The number of thiazole rings is 1. The standard InChI is InChI=1S/C16H21ClN6O8S2/c1-30-23-12(9-7-32-15(20-9)21-10(24)5-17)14(26)22-11-8(19-13(11)25)6-18-16(27)31-3-4-33(2,28)29/h7-8,11H,3-6H2,1-2H3,(H,18,27)(H,19,25)(H,22,26)(H,20,21,24)/b23-12-/t8-,11+/m0/s1. The van der Waals surface area contributed by atoms with Crippen molar-refractivity contribution in [2.45, 2.75) is 12.1 Å². The predicted molar refractivity (Wildman–Crippen MR) is 118 cm³/mol. The highest BCUT2D eigenvalue weighted by Gasteiger charge is 2.41. The summed E-state index contributed by atoms with van der Waals surface area (Å²) in [6.07, 6.45) is 0.134. The van der Waals surface area contributed by atoms with E-state index in [4.69, 9.17) is 16.3 Å². The lowest BCUT2D eigenvalue weighted by Gasteiger charge is -2.36. The monoisotopic (exact) mass is 524 g/mol. The number of rotatable bonds is 11. The molecule has 0 radical (unpaired) electrons. The second kappa shape index (κ2) is 11.8. The Morgan fingerprint density at radius 1 is 1.36 bits per heavy atom. The van der Waals surface area contributed by atoms with Gasteiger partial charge in [-0.3, -0.25) is 14.4 Å². The van der Waals surface area contributed by atoms with Crippen LogP contribution in [0.25, 0.3) is 0 Å². The summed E-state index contributed by atoms with van der Waals surface area (Å²) < 4.78 is 26.8. The molecule has 2 rings (SSSR count). The molecule has 14 nitrogen and oxygen atoms in total. The molecule has 4 amide bonds. The maximum Gasteiger partial charge on any atom is 0.407 e. The number of hydrogen-bond donors (Lipinski definition) is 4. The Hall–Kier alpha value is -2.98. The highest BCUT2D eigenvalue weighted by molar-refractivity contribution is 7.90. The fraction of sp³-hybridized carbons (Fsp3) is 0.500. The number of alkyl halides is 1. The van der Waals surface area contributed by atoms with Crippen molar-refractivity contribution < 1.29 is 37.2 Å². The minimum absolute atomic E-state index is 0.0868. The van der Waals surface area contributed by atoms with Crippen molar-refractivity contribution in [1.82, 2.24) is 20.9 Å². The third-order valence-electron chi connectivity index (χ3n) is 3.96. The number of anilines is 1. The molecule has 2 heterocycles. The number of alkyl carbamates (subject to hydrolysis) is 1. The Morgan fingerprint density at radius 3 is 2.70 bits per heavy atom. The molecule has 33 heavy (non-hydrogen) atoms. The second-order valence-corrected chi connectivity index (χ2v) is 9.94. The Bertz CT molecular complexity index is 1040. The number of halogens is 1. The molecule has 0 spiro atoms. The number of nitrogens with zero attached hydrogens (tertiary/aromatic N) is 2. The molecule has 0 bridgehead atoms. The Morgan fingerprint density at radius 2 is 2.09 bits per heavy atom. The van der Waals surface area contributed by atoms with Crippen molar-refractivity contribution in [1.29, 1.82) is 0 Å². The van der Waals surface area contributed by atoms with Gasteiger partial charge >= 0.3 is 6.09 Å². The largest absolute Gasteiger partial charge is 0.448 e. The minimum Gasteiger partial charge on any atom is -0.448 e. The van der Waals surface area contributed by atoms with E-state index in [-0.39, 0.29) is 41.3 Å². The summed E-state index contributed by atoms with van der Waals surface area (Å²) in [5.74, 6) is -2.35. The first-order valence-electron chi connectivity index (χ1n) is 9.16. The predicted octanol–water partition coefficient (Wildman–Crippen LogP) is -1.58.